The maximum atomic E-state index is 8.07. The molecule has 6 heteroatoms. The SMILES string of the molecule is CCCCO.CO.ClC(Cl)C1OCCO1. The third-order valence-corrected chi connectivity index (χ3v) is 1.78. The Hall–Kier alpha value is 0.420. The molecule has 1 aliphatic rings. The van der Waals surface area contributed by atoms with Gasteiger partial charge in [0.25, 0.3) is 0 Å². The van der Waals surface area contributed by atoms with Crippen LogP contribution in [0.25, 0.3) is 0 Å². The maximum Gasteiger partial charge on any atom is 0.187 e. The van der Waals surface area contributed by atoms with Crippen LogP contribution >= 0.6 is 23.2 Å². The van der Waals surface area contributed by atoms with Crippen LogP contribution in [-0.2, 0) is 9.47 Å². The number of aliphatic hydroxyl groups is 2. The van der Waals surface area contributed by atoms with E-state index in [2.05, 4.69) is 6.92 Å². The second-order valence-electron chi connectivity index (χ2n) is 2.52. The Balaban J connectivity index is 0. The molecule has 1 saturated heterocycles. The largest absolute Gasteiger partial charge is 0.400 e. The van der Waals surface area contributed by atoms with Crippen molar-refractivity contribution in [2.24, 2.45) is 0 Å². The number of alkyl halides is 2. The van der Waals surface area contributed by atoms with Gasteiger partial charge in [-0.3, -0.25) is 0 Å². The number of hydrogen-bond acceptors (Lipinski definition) is 4. The lowest BCUT2D eigenvalue weighted by atomic mass is 10.4. The molecule has 4 nitrogen and oxygen atoms in total. The fourth-order valence-electron chi connectivity index (χ4n) is 0.680. The van der Waals surface area contributed by atoms with Crippen molar-refractivity contribution in [2.45, 2.75) is 30.9 Å². The summed E-state index contributed by atoms with van der Waals surface area (Å²) in [5, 5.41) is 15.1. The van der Waals surface area contributed by atoms with Crippen LogP contribution in [0.2, 0.25) is 0 Å². The first-order valence-electron chi connectivity index (χ1n) is 4.79. The van der Waals surface area contributed by atoms with E-state index >= 15 is 0 Å². The molecule has 1 fully saturated rings. The van der Waals surface area contributed by atoms with Crippen LogP contribution in [-0.4, -0.2) is 48.3 Å². The maximum absolute atomic E-state index is 8.07. The minimum atomic E-state index is -0.558. The van der Waals surface area contributed by atoms with Crippen LogP contribution in [0.3, 0.4) is 0 Å². The second kappa shape index (κ2) is 14.4. The summed E-state index contributed by atoms with van der Waals surface area (Å²) in [6, 6.07) is 0. The van der Waals surface area contributed by atoms with Crippen molar-refractivity contribution in [1.29, 1.82) is 0 Å². The van der Waals surface area contributed by atoms with Gasteiger partial charge in [-0.05, 0) is 6.42 Å². The molecule has 0 aromatic heterocycles. The van der Waals surface area contributed by atoms with Crippen LogP contribution in [0.1, 0.15) is 19.8 Å². The molecule has 0 aromatic carbocycles. The second-order valence-corrected chi connectivity index (χ2v) is 3.69. The summed E-state index contributed by atoms with van der Waals surface area (Å²) in [6.07, 6.45) is 1.63. The van der Waals surface area contributed by atoms with Gasteiger partial charge in [-0.15, -0.1) is 0 Å². The van der Waals surface area contributed by atoms with Crippen molar-refractivity contribution in [3.8, 4) is 0 Å². The smallest absolute Gasteiger partial charge is 0.187 e. The lowest BCUT2D eigenvalue weighted by Gasteiger charge is -2.07. The Morgan fingerprint density at radius 1 is 1.27 bits per heavy atom. The van der Waals surface area contributed by atoms with Gasteiger partial charge in [0, 0.05) is 13.7 Å². The predicted molar refractivity (Wildman–Crippen MR) is 61.3 cm³/mol. The third-order valence-electron chi connectivity index (χ3n) is 1.36. The summed E-state index contributed by atoms with van der Waals surface area (Å²) in [7, 11) is 1.00. The van der Waals surface area contributed by atoms with E-state index in [4.69, 9.17) is 42.9 Å². The van der Waals surface area contributed by atoms with E-state index in [0.717, 1.165) is 20.0 Å². The molecule has 0 atom stereocenters. The van der Waals surface area contributed by atoms with Crippen molar-refractivity contribution >= 4 is 23.2 Å². The minimum Gasteiger partial charge on any atom is -0.400 e. The van der Waals surface area contributed by atoms with Gasteiger partial charge in [-0.1, -0.05) is 36.5 Å². The number of aliphatic hydroxyl groups excluding tert-OH is 2. The summed E-state index contributed by atoms with van der Waals surface area (Å²) in [4.78, 5) is -0.558. The topological polar surface area (TPSA) is 58.9 Å². The van der Waals surface area contributed by atoms with E-state index in [1.807, 2.05) is 0 Å². The highest BCUT2D eigenvalue weighted by molar-refractivity contribution is 6.44. The highest BCUT2D eigenvalue weighted by Crippen LogP contribution is 2.16. The van der Waals surface area contributed by atoms with Crippen molar-refractivity contribution in [1.82, 2.24) is 0 Å². The zero-order valence-corrected chi connectivity index (χ0v) is 10.7. The van der Waals surface area contributed by atoms with Crippen LogP contribution in [0.15, 0.2) is 0 Å². The van der Waals surface area contributed by atoms with Crippen LogP contribution in [0.4, 0.5) is 0 Å². The monoisotopic (exact) mass is 262 g/mol. The molecule has 15 heavy (non-hydrogen) atoms. The van der Waals surface area contributed by atoms with E-state index in [1.165, 1.54) is 0 Å². The number of halogens is 2. The predicted octanol–water partition coefficient (Wildman–Crippen LogP) is 1.55. The van der Waals surface area contributed by atoms with Gasteiger partial charge in [0.15, 0.2) is 11.1 Å². The third kappa shape index (κ3) is 12.4. The van der Waals surface area contributed by atoms with E-state index in [9.17, 15) is 0 Å². The molecule has 0 spiro atoms. The Bertz CT molecular complexity index is 106. The van der Waals surface area contributed by atoms with Gasteiger partial charge >= 0.3 is 0 Å². The lowest BCUT2D eigenvalue weighted by Crippen LogP contribution is -2.15. The number of hydrogen-bond donors (Lipinski definition) is 2. The molecule has 0 saturated carbocycles. The average Bonchev–Trinajstić information content (AvgIpc) is 2.76. The van der Waals surface area contributed by atoms with E-state index in [0.29, 0.717) is 19.8 Å². The first-order valence-corrected chi connectivity index (χ1v) is 5.66. The molecule has 1 aliphatic heterocycles. The minimum absolute atomic E-state index is 0.344. The summed E-state index contributed by atoms with van der Waals surface area (Å²) in [5.41, 5.74) is 0. The van der Waals surface area contributed by atoms with Crippen LogP contribution in [0, 0.1) is 0 Å². The zero-order valence-electron chi connectivity index (χ0n) is 9.16. The van der Waals surface area contributed by atoms with Crippen LogP contribution in [0.5, 0.6) is 0 Å². The normalized spacial score (nSPS) is 15.4. The van der Waals surface area contributed by atoms with Crippen molar-refractivity contribution < 1.29 is 19.7 Å². The average molecular weight is 263 g/mol. The lowest BCUT2D eigenvalue weighted by molar-refractivity contribution is -0.0299. The fourth-order valence-corrected chi connectivity index (χ4v) is 0.971. The van der Waals surface area contributed by atoms with Crippen LogP contribution < -0.4 is 0 Å². The van der Waals surface area contributed by atoms with Gasteiger partial charge in [0.2, 0.25) is 0 Å². The number of rotatable bonds is 3. The standard InChI is InChI=1S/C4H6Cl2O2.C4H10O.CH4O/c5-3(6)4-7-1-2-8-4;1-2-3-4-5;1-2/h3-4H,1-2H2;5H,2-4H2,1H3;2H,1H3. The van der Waals surface area contributed by atoms with E-state index in [1.54, 1.807) is 0 Å². The molecule has 0 aromatic rings. The fraction of sp³-hybridized carbons (Fsp3) is 1.00. The number of unbranched alkanes of at least 4 members (excludes halogenated alkanes) is 1. The summed E-state index contributed by atoms with van der Waals surface area (Å²) < 4.78 is 9.86. The van der Waals surface area contributed by atoms with E-state index in [-0.39, 0.29) is 0 Å². The first-order chi connectivity index (χ1) is 7.22. The van der Waals surface area contributed by atoms with Gasteiger partial charge < -0.3 is 19.7 Å². The summed E-state index contributed by atoms with van der Waals surface area (Å²) in [5.74, 6) is 0. The Kier molecular flexibility index (Phi) is 17.1. The molecule has 1 rings (SSSR count). The summed E-state index contributed by atoms with van der Waals surface area (Å²) in [6.45, 7) is 3.59. The quantitative estimate of drug-likeness (QED) is 0.758. The Labute approximate surface area is 101 Å². The highest BCUT2D eigenvalue weighted by Gasteiger charge is 2.22. The number of ether oxygens (including phenoxy) is 2. The molecular weight excluding hydrogens is 243 g/mol. The molecule has 0 unspecified atom stereocenters. The van der Waals surface area contributed by atoms with E-state index < -0.39 is 11.1 Å². The zero-order chi connectivity index (χ0) is 12.1. The van der Waals surface area contributed by atoms with Crippen molar-refractivity contribution in [3.63, 3.8) is 0 Å². The molecule has 94 valence electrons. The highest BCUT2D eigenvalue weighted by atomic mass is 35.5. The molecule has 0 aliphatic carbocycles. The van der Waals surface area contributed by atoms with Crippen molar-refractivity contribution in [3.05, 3.63) is 0 Å². The molecule has 0 radical (unpaired) electrons. The van der Waals surface area contributed by atoms with Gasteiger partial charge in [-0.25, -0.2) is 0 Å². The van der Waals surface area contributed by atoms with Crippen molar-refractivity contribution in [2.75, 3.05) is 26.9 Å². The summed E-state index contributed by atoms with van der Waals surface area (Å²) >= 11 is 10.8. The Morgan fingerprint density at radius 3 is 1.87 bits per heavy atom. The Morgan fingerprint density at radius 2 is 1.73 bits per heavy atom. The molecule has 1 heterocycles. The molecule has 0 amide bonds. The van der Waals surface area contributed by atoms with Gasteiger partial charge in [-0.2, -0.15) is 0 Å². The molecular formula is C9H20Cl2O4. The molecule has 2 N–H and O–H groups in total. The van der Waals surface area contributed by atoms with Gasteiger partial charge in [0.05, 0.1) is 13.2 Å². The van der Waals surface area contributed by atoms with Gasteiger partial charge in [0.1, 0.15) is 0 Å². The molecule has 0 bridgehead atoms. The first kappa shape index (κ1) is 17.8.